The van der Waals surface area contributed by atoms with E-state index in [2.05, 4.69) is 43.6 Å². The van der Waals surface area contributed by atoms with Crippen LogP contribution in [0.1, 0.15) is 35.0 Å². The van der Waals surface area contributed by atoms with Crippen molar-refractivity contribution < 1.29 is 14.0 Å². The molecule has 1 aliphatic heterocycles. The molecule has 7 heteroatoms. The largest absolute Gasteiger partial charge is 0.444 e. The molecule has 1 fully saturated rings. The van der Waals surface area contributed by atoms with Crippen molar-refractivity contribution in [1.29, 1.82) is 0 Å². The smallest absolute Gasteiger partial charge is 0.287 e. The number of benzene rings is 1. The van der Waals surface area contributed by atoms with Crippen LogP contribution in [0, 0.1) is 0 Å². The van der Waals surface area contributed by atoms with Gasteiger partial charge in [0.05, 0.1) is 12.6 Å². The Balaban J connectivity index is 1.51. The van der Waals surface area contributed by atoms with Gasteiger partial charge in [-0.15, -0.1) is 0 Å². The predicted octanol–water partition coefficient (Wildman–Crippen LogP) is 2.73. The van der Waals surface area contributed by atoms with Crippen LogP contribution in [0.2, 0.25) is 0 Å². The van der Waals surface area contributed by atoms with Crippen LogP contribution in [-0.4, -0.2) is 42.9 Å². The molecule has 2 N–H and O–H groups in total. The highest BCUT2D eigenvalue weighted by atomic mass is 79.9. The van der Waals surface area contributed by atoms with Crippen LogP contribution in [0.3, 0.4) is 0 Å². The van der Waals surface area contributed by atoms with Crippen molar-refractivity contribution in [2.75, 3.05) is 26.2 Å². The van der Waals surface area contributed by atoms with E-state index in [1.807, 2.05) is 18.2 Å². The van der Waals surface area contributed by atoms with Gasteiger partial charge in [-0.3, -0.25) is 14.5 Å². The monoisotopic (exact) mass is 419 g/mol. The van der Waals surface area contributed by atoms with E-state index < -0.39 is 5.91 Å². The lowest BCUT2D eigenvalue weighted by Crippen LogP contribution is -2.41. The van der Waals surface area contributed by atoms with Gasteiger partial charge in [-0.2, -0.15) is 0 Å². The zero-order valence-electron chi connectivity index (χ0n) is 14.4. The number of nitrogens with one attached hydrogen (secondary N) is 2. The van der Waals surface area contributed by atoms with Gasteiger partial charge in [0.25, 0.3) is 5.91 Å². The van der Waals surface area contributed by atoms with Crippen LogP contribution < -0.4 is 10.6 Å². The minimum Gasteiger partial charge on any atom is -0.444 e. The first-order valence-electron chi connectivity index (χ1n) is 8.73. The number of amides is 2. The summed E-state index contributed by atoms with van der Waals surface area (Å²) < 4.78 is 5.64. The van der Waals surface area contributed by atoms with E-state index >= 15 is 0 Å². The first kappa shape index (κ1) is 18.7. The summed E-state index contributed by atoms with van der Waals surface area (Å²) in [5.41, 5.74) is 1.19. The number of hydrogen-bond donors (Lipinski definition) is 2. The Kier molecular flexibility index (Phi) is 6.46. The van der Waals surface area contributed by atoms with Crippen LogP contribution in [-0.2, 0) is 4.79 Å². The molecule has 3 rings (SSSR count). The van der Waals surface area contributed by atoms with Gasteiger partial charge < -0.3 is 15.1 Å². The summed E-state index contributed by atoms with van der Waals surface area (Å²) in [6.07, 6.45) is 2.37. The predicted molar refractivity (Wildman–Crippen MR) is 102 cm³/mol. The minimum absolute atomic E-state index is 0.0847. The summed E-state index contributed by atoms with van der Waals surface area (Å²) in [5.74, 6) is -0.460. The van der Waals surface area contributed by atoms with Crippen molar-refractivity contribution in [1.82, 2.24) is 15.5 Å². The zero-order valence-corrected chi connectivity index (χ0v) is 16.0. The van der Waals surface area contributed by atoms with E-state index in [9.17, 15) is 9.59 Å². The molecule has 0 bridgehead atoms. The van der Waals surface area contributed by atoms with E-state index in [-0.39, 0.29) is 24.3 Å². The molecular weight excluding hydrogens is 398 g/mol. The third kappa shape index (κ3) is 4.95. The highest BCUT2D eigenvalue weighted by Gasteiger charge is 2.23. The molecule has 0 unspecified atom stereocenters. The molecule has 1 saturated heterocycles. The number of hydrogen-bond acceptors (Lipinski definition) is 4. The fraction of sp³-hybridized carbons (Fsp3) is 0.368. The van der Waals surface area contributed by atoms with Gasteiger partial charge in [0.2, 0.25) is 5.91 Å². The summed E-state index contributed by atoms with van der Waals surface area (Å²) in [6.45, 7) is 2.52. The zero-order chi connectivity index (χ0) is 18.4. The average molecular weight is 420 g/mol. The molecule has 0 spiro atoms. The lowest BCUT2D eigenvalue weighted by Gasteiger charge is -2.28. The van der Waals surface area contributed by atoms with E-state index in [1.165, 1.54) is 18.4 Å². The fourth-order valence-corrected chi connectivity index (χ4v) is 3.45. The van der Waals surface area contributed by atoms with E-state index in [0.717, 1.165) is 13.1 Å². The Labute approximate surface area is 161 Å². The Hall–Kier alpha value is -2.12. The molecule has 0 aliphatic carbocycles. The van der Waals surface area contributed by atoms with Crippen LogP contribution in [0.15, 0.2) is 51.6 Å². The van der Waals surface area contributed by atoms with Crippen molar-refractivity contribution >= 4 is 27.7 Å². The molecule has 1 aromatic heterocycles. The number of halogens is 1. The van der Waals surface area contributed by atoms with Crippen molar-refractivity contribution in [2.45, 2.75) is 18.9 Å². The SMILES string of the molecule is O=C(CNC(=O)c1ccc(Br)o1)NC[C@@H](c1ccccc1)N1CCCC1. The van der Waals surface area contributed by atoms with Gasteiger partial charge in [-0.05, 0) is 59.6 Å². The van der Waals surface area contributed by atoms with Crippen LogP contribution in [0.4, 0.5) is 0 Å². The maximum absolute atomic E-state index is 12.2. The molecule has 2 amide bonds. The molecule has 26 heavy (non-hydrogen) atoms. The lowest BCUT2D eigenvalue weighted by molar-refractivity contribution is -0.120. The summed E-state index contributed by atoms with van der Waals surface area (Å²) in [5, 5.41) is 5.50. The van der Waals surface area contributed by atoms with E-state index in [1.54, 1.807) is 12.1 Å². The normalized spacial score (nSPS) is 15.6. The van der Waals surface area contributed by atoms with E-state index in [0.29, 0.717) is 11.2 Å². The standard InChI is InChI=1S/C19H22BrN3O3/c20-17-9-8-16(26-17)19(25)22-13-18(24)21-12-15(23-10-4-5-11-23)14-6-2-1-3-7-14/h1-3,6-9,15H,4-5,10-13H2,(H,21,24)(H,22,25)/t15-/m0/s1. The lowest BCUT2D eigenvalue weighted by atomic mass is 10.1. The summed E-state index contributed by atoms with van der Waals surface area (Å²) in [4.78, 5) is 26.5. The first-order valence-corrected chi connectivity index (χ1v) is 9.52. The van der Waals surface area contributed by atoms with Gasteiger partial charge in [0.1, 0.15) is 0 Å². The van der Waals surface area contributed by atoms with Crippen molar-refractivity contribution in [3.05, 3.63) is 58.5 Å². The molecule has 0 saturated carbocycles. The molecule has 1 aliphatic rings. The van der Waals surface area contributed by atoms with Crippen molar-refractivity contribution in [3.63, 3.8) is 0 Å². The third-order valence-electron chi connectivity index (χ3n) is 4.46. The summed E-state index contributed by atoms with van der Waals surface area (Å²) in [7, 11) is 0. The van der Waals surface area contributed by atoms with Gasteiger partial charge in [0, 0.05) is 6.54 Å². The van der Waals surface area contributed by atoms with Crippen LogP contribution in [0.25, 0.3) is 0 Å². The van der Waals surface area contributed by atoms with Crippen LogP contribution >= 0.6 is 15.9 Å². The average Bonchev–Trinajstić information content (AvgIpc) is 3.33. The Morgan fingerprint density at radius 3 is 2.46 bits per heavy atom. The van der Waals surface area contributed by atoms with E-state index in [4.69, 9.17) is 4.42 Å². The second-order valence-electron chi connectivity index (χ2n) is 6.26. The molecular formula is C19H22BrN3O3. The molecule has 1 atom stereocenters. The Morgan fingerprint density at radius 1 is 1.08 bits per heavy atom. The number of furan rings is 1. The highest BCUT2D eigenvalue weighted by molar-refractivity contribution is 9.10. The van der Waals surface area contributed by atoms with Crippen molar-refractivity contribution in [3.8, 4) is 0 Å². The number of carbonyl (C=O) groups is 2. The molecule has 2 heterocycles. The second-order valence-corrected chi connectivity index (χ2v) is 7.04. The molecule has 1 aromatic carbocycles. The first-order chi connectivity index (χ1) is 12.6. The van der Waals surface area contributed by atoms with Gasteiger partial charge >= 0.3 is 0 Å². The maximum Gasteiger partial charge on any atom is 0.287 e. The molecule has 2 aromatic rings. The molecule has 0 radical (unpaired) electrons. The maximum atomic E-state index is 12.2. The quantitative estimate of drug-likeness (QED) is 0.723. The van der Waals surface area contributed by atoms with Crippen LogP contribution in [0.5, 0.6) is 0 Å². The number of rotatable bonds is 7. The highest BCUT2D eigenvalue weighted by Crippen LogP contribution is 2.24. The summed E-state index contributed by atoms with van der Waals surface area (Å²) >= 11 is 3.15. The topological polar surface area (TPSA) is 74.6 Å². The van der Waals surface area contributed by atoms with Gasteiger partial charge in [-0.1, -0.05) is 30.3 Å². The molecule has 138 valence electrons. The van der Waals surface area contributed by atoms with Crippen molar-refractivity contribution in [2.24, 2.45) is 0 Å². The second kappa shape index (κ2) is 9.00. The minimum atomic E-state index is -0.412. The third-order valence-corrected chi connectivity index (χ3v) is 4.89. The number of nitrogens with zero attached hydrogens (tertiary/aromatic N) is 1. The van der Waals surface area contributed by atoms with Gasteiger partial charge in [0.15, 0.2) is 10.4 Å². The Morgan fingerprint density at radius 2 is 1.81 bits per heavy atom. The number of likely N-dealkylation sites (tertiary alicyclic amines) is 1. The Bertz CT molecular complexity index is 741. The summed E-state index contributed by atoms with van der Waals surface area (Å²) in [6, 6.07) is 13.5. The molecule has 6 nitrogen and oxygen atoms in total. The number of carbonyl (C=O) groups excluding carboxylic acids is 2. The fourth-order valence-electron chi connectivity index (χ4n) is 3.14. The van der Waals surface area contributed by atoms with Gasteiger partial charge in [-0.25, -0.2) is 0 Å².